The highest BCUT2D eigenvalue weighted by molar-refractivity contribution is 5.79. The van der Waals surface area contributed by atoms with Crippen molar-refractivity contribution in [2.45, 2.75) is 25.9 Å². The summed E-state index contributed by atoms with van der Waals surface area (Å²) in [5, 5.41) is 9.10. The summed E-state index contributed by atoms with van der Waals surface area (Å²) < 4.78 is 0. The number of carbonyl (C=O) groups excluding carboxylic acids is 1. The second-order valence-electron chi connectivity index (χ2n) is 2.93. The normalized spacial score (nSPS) is 25.5. The molecule has 1 unspecified atom stereocenters. The van der Waals surface area contributed by atoms with E-state index in [1.54, 1.807) is 11.8 Å². The second-order valence-corrected chi connectivity index (χ2v) is 2.93. The fraction of sp³-hybridized carbons (Fsp3) is 0.625. The van der Waals surface area contributed by atoms with E-state index in [2.05, 4.69) is 6.58 Å². The summed E-state index contributed by atoms with van der Waals surface area (Å²) in [6.07, 6.45) is 0.462. The Hall–Kier alpha value is -0.830. The fourth-order valence-electron chi connectivity index (χ4n) is 1.22. The Bertz CT molecular complexity index is 189. The van der Waals surface area contributed by atoms with E-state index in [0.29, 0.717) is 13.0 Å². The van der Waals surface area contributed by atoms with Gasteiger partial charge in [-0.1, -0.05) is 6.58 Å². The molecule has 0 saturated carbocycles. The van der Waals surface area contributed by atoms with Gasteiger partial charge in [-0.25, -0.2) is 0 Å². The molecule has 62 valence electrons. The van der Waals surface area contributed by atoms with Crippen molar-refractivity contribution in [2.24, 2.45) is 0 Å². The van der Waals surface area contributed by atoms with Crippen molar-refractivity contribution in [3.05, 3.63) is 12.3 Å². The van der Waals surface area contributed by atoms with Crippen LogP contribution < -0.4 is 0 Å². The van der Waals surface area contributed by atoms with Gasteiger partial charge in [0.05, 0.1) is 12.5 Å². The molecule has 1 aliphatic heterocycles. The highest BCUT2D eigenvalue weighted by Crippen LogP contribution is 2.14. The Labute approximate surface area is 66.3 Å². The van der Waals surface area contributed by atoms with Crippen LogP contribution in [0.15, 0.2) is 12.3 Å². The van der Waals surface area contributed by atoms with Crippen molar-refractivity contribution in [1.82, 2.24) is 4.90 Å². The van der Waals surface area contributed by atoms with Gasteiger partial charge in [-0.15, -0.1) is 0 Å². The van der Waals surface area contributed by atoms with E-state index in [4.69, 9.17) is 5.11 Å². The van der Waals surface area contributed by atoms with Crippen LogP contribution in [0, 0.1) is 0 Å². The molecule has 0 aromatic rings. The van der Waals surface area contributed by atoms with Gasteiger partial charge in [-0.2, -0.15) is 0 Å². The minimum atomic E-state index is -0.446. The molecule has 3 nitrogen and oxygen atoms in total. The number of aliphatic hydroxyl groups is 1. The largest absolute Gasteiger partial charge is 0.393 e. The second kappa shape index (κ2) is 3.05. The predicted octanol–water partition coefficient (Wildman–Crippen LogP) is 0.503. The van der Waals surface area contributed by atoms with Gasteiger partial charge in [0.2, 0.25) is 5.91 Å². The number of hydrogen-bond acceptors (Lipinski definition) is 2. The number of hydrogen-bond donors (Lipinski definition) is 1. The predicted molar refractivity (Wildman–Crippen MR) is 41.8 cm³/mol. The summed E-state index contributed by atoms with van der Waals surface area (Å²) in [4.78, 5) is 12.8. The number of rotatable bonds is 1. The van der Waals surface area contributed by atoms with Crippen LogP contribution in [-0.2, 0) is 4.79 Å². The maximum absolute atomic E-state index is 11.2. The number of amides is 1. The topological polar surface area (TPSA) is 40.5 Å². The third kappa shape index (κ3) is 1.80. The molecule has 0 spiro atoms. The van der Waals surface area contributed by atoms with E-state index in [0.717, 1.165) is 5.70 Å². The first-order valence-corrected chi connectivity index (χ1v) is 3.75. The van der Waals surface area contributed by atoms with Crippen LogP contribution in [0.3, 0.4) is 0 Å². The molecule has 1 aliphatic rings. The molecule has 0 bridgehead atoms. The zero-order valence-corrected chi connectivity index (χ0v) is 6.71. The van der Waals surface area contributed by atoms with Crippen LogP contribution in [0.1, 0.15) is 19.8 Å². The third-order valence-corrected chi connectivity index (χ3v) is 1.86. The smallest absolute Gasteiger partial charge is 0.229 e. The van der Waals surface area contributed by atoms with Crippen molar-refractivity contribution in [3.8, 4) is 0 Å². The van der Waals surface area contributed by atoms with Gasteiger partial charge in [0, 0.05) is 12.2 Å². The van der Waals surface area contributed by atoms with Crippen molar-refractivity contribution >= 4 is 5.91 Å². The van der Waals surface area contributed by atoms with Crippen molar-refractivity contribution < 1.29 is 9.90 Å². The van der Waals surface area contributed by atoms with Crippen LogP contribution in [0.5, 0.6) is 0 Å². The van der Waals surface area contributed by atoms with Gasteiger partial charge in [0.25, 0.3) is 0 Å². The van der Waals surface area contributed by atoms with Crippen LogP contribution in [0.2, 0.25) is 0 Å². The molecular weight excluding hydrogens is 142 g/mol. The molecule has 1 amide bonds. The van der Waals surface area contributed by atoms with Gasteiger partial charge >= 0.3 is 0 Å². The van der Waals surface area contributed by atoms with Gasteiger partial charge in [0.1, 0.15) is 0 Å². The molecule has 11 heavy (non-hydrogen) atoms. The first-order chi connectivity index (χ1) is 5.11. The molecule has 0 radical (unpaired) electrons. The lowest BCUT2D eigenvalue weighted by atomic mass is 10.1. The highest BCUT2D eigenvalue weighted by atomic mass is 16.3. The van der Waals surface area contributed by atoms with Crippen LogP contribution >= 0.6 is 0 Å². The molecule has 1 heterocycles. The van der Waals surface area contributed by atoms with Crippen LogP contribution in [-0.4, -0.2) is 28.6 Å². The average Bonchev–Trinajstić information content (AvgIpc) is 1.85. The van der Waals surface area contributed by atoms with E-state index in [1.165, 1.54) is 0 Å². The molecule has 0 aliphatic carbocycles. The molecule has 0 aromatic heterocycles. The number of allylic oxidation sites excluding steroid dienone is 1. The Morgan fingerprint density at radius 3 is 2.91 bits per heavy atom. The number of piperidine rings is 1. The fourth-order valence-corrected chi connectivity index (χ4v) is 1.22. The number of carbonyl (C=O) groups is 1. The van der Waals surface area contributed by atoms with E-state index in [1.807, 2.05) is 0 Å². The molecule has 1 saturated heterocycles. The number of likely N-dealkylation sites (tertiary alicyclic amines) is 1. The summed E-state index contributed by atoms with van der Waals surface area (Å²) in [5.41, 5.74) is 0.766. The maximum Gasteiger partial charge on any atom is 0.229 e. The highest BCUT2D eigenvalue weighted by Gasteiger charge is 2.24. The van der Waals surface area contributed by atoms with Crippen molar-refractivity contribution in [1.29, 1.82) is 0 Å². The monoisotopic (exact) mass is 155 g/mol. The van der Waals surface area contributed by atoms with Gasteiger partial charge in [0.15, 0.2) is 0 Å². The quantitative estimate of drug-likeness (QED) is 0.599. The minimum absolute atomic E-state index is 0.0174. The third-order valence-electron chi connectivity index (χ3n) is 1.86. The number of aliphatic hydroxyl groups excluding tert-OH is 1. The maximum atomic E-state index is 11.2. The van der Waals surface area contributed by atoms with E-state index < -0.39 is 6.10 Å². The molecule has 3 heteroatoms. The lowest BCUT2D eigenvalue weighted by Gasteiger charge is -2.29. The standard InChI is InChI=1S/C8H13NO2/c1-6(2)9-4-3-7(10)5-8(9)11/h7,10H,1,3-5H2,2H3. The molecule has 0 aromatic carbocycles. The first-order valence-electron chi connectivity index (χ1n) is 3.75. The van der Waals surface area contributed by atoms with E-state index in [-0.39, 0.29) is 12.3 Å². The SMILES string of the molecule is C=C(C)N1CCC(O)CC1=O. The zero-order chi connectivity index (χ0) is 8.43. The first kappa shape index (κ1) is 8.27. The van der Waals surface area contributed by atoms with Crippen LogP contribution in [0.25, 0.3) is 0 Å². The minimum Gasteiger partial charge on any atom is -0.393 e. The van der Waals surface area contributed by atoms with Crippen molar-refractivity contribution in [3.63, 3.8) is 0 Å². The lowest BCUT2D eigenvalue weighted by molar-refractivity contribution is -0.134. The molecular formula is C8H13NO2. The summed E-state index contributed by atoms with van der Waals surface area (Å²) in [6, 6.07) is 0. The Morgan fingerprint density at radius 1 is 1.82 bits per heavy atom. The Kier molecular flexibility index (Phi) is 2.29. The average molecular weight is 155 g/mol. The van der Waals surface area contributed by atoms with E-state index in [9.17, 15) is 4.79 Å². The number of nitrogens with zero attached hydrogens (tertiary/aromatic N) is 1. The van der Waals surface area contributed by atoms with Crippen molar-refractivity contribution in [2.75, 3.05) is 6.54 Å². The van der Waals surface area contributed by atoms with Crippen LogP contribution in [0.4, 0.5) is 0 Å². The van der Waals surface area contributed by atoms with Gasteiger partial charge in [-0.05, 0) is 13.3 Å². The summed E-state index contributed by atoms with van der Waals surface area (Å²) in [5.74, 6) is -0.0174. The summed E-state index contributed by atoms with van der Waals surface area (Å²) >= 11 is 0. The summed E-state index contributed by atoms with van der Waals surface area (Å²) in [6.45, 7) is 6.09. The van der Waals surface area contributed by atoms with Gasteiger partial charge < -0.3 is 10.0 Å². The van der Waals surface area contributed by atoms with Gasteiger partial charge in [-0.3, -0.25) is 4.79 Å². The lowest BCUT2D eigenvalue weighted by Crippen LogP contribution is -2.39. The summed E-state index contributed by atoms with van der Waals surface area (Å²) in [7, 11) is 0. The molecule has 1 N–H and O–H groups in total. The molecule has 1 atom stereocenters. The molecule has 1 rings (SSSR count). The Morgan fingerprint density at radius 2 is 2.45 bits per heavy atom. The zero-order valence-electron chi connectivity index (χ0n) is 6.71. The molecule has 1 fully saturated rings. The Balaban J connectivity index is 2.58. The van der Waals surface area contributed by atoms with E-state index >= 15 is 0 Å².